The second-order valence-corrected chi connectivity index (χ2v) is 5.92. The SMILES string of the molecule is O=S(=O)([O-])c1cccc(-c2c(F)c(F)c(F)c(F)c2F)c1C(F)(F)F. The van der Waals surface area contributed by atoms with Gasteiger partial charge in [0.25, 0.3) is 0 Å². The van der Waals surface area contributed by atoms with E-state index >= 15 is 0 Å². The van der Waals surface area contributed by atoms with Gasteiger partial charge in [-0.25, -0.2) is 30.4 Å². The Morgan fingerprint density at radius 1 is 0.800 bits per heavy atom. The van der Waals surface area contributed by atoms with Crippen LogP contribution < -0.4 is 0 Å². The molecule has 0 amide bonds. The van der Waals surface area contributed by atoms with Crippen LogP contribution in [0.5, 0.6) is 0 Å². The number of rotatable bonds is 2. The van der Waals surface area contributed by atoms with Gasteiger partial charge in [-0.1, -0.05) is 12.1 Å². The standard InChI is InChI=1S/C13H4F8O3S/c14-8-6(9(15)11(17)12(18)10(8)16)4-2-1-3-5(25(22,23)24)7(4)13(19,20)21/h1-3H,(H,22,23,24)/p-1. The molecule has 3 nitrogen and oxygen atoms in total. The molecule has 0 saturated heterocycles. The minimum absolute atomic E-state index is 0.195. The molecule has 0 spiro atoms. The summed E-state index contributed by atoms with van der Waals surface area (Å²) < 4.78 is 139. The fourth-order valence-electron chi connectivity index (χ4n) is 2.08. The van der Waals surface area contributed by atoms with Gasteiger partial charge < -0.3 is 4.55 Å². The lowest BCUT2D eigenvalue weighted by molar-refractivity contribution is -0.139. The van der Waals surface area contributed by atoms with E-state index in [0.717, 1.165) is 0 Å². The van der Waals surface area contributed by atoms with Gasteiger partial charge in [0.2, 0.25) is 5.82 Å². The van der Waals surface area contributed by atoms with Crippen molar-refractivity contribution in [2.75, 3.05) is 0 Å². The Kier molecular flexibility index (Phi) is 4.55. The van der Waals surface area contributed by atoms with Crippen LogP contribution >= 0.6 is 0 Å². The van der Waals surface area contributed by atoms with Crippen molar-refractivity contribution in [3.8, 4) is 11.1 Å². The molecule has 0 fully saturated rings. The first kappa shape index (κ1) is 19.1. The van der Waals surface area contributed by atoms with Crippen molar-refractivity contribution in [3.63, 3.8) is 0 Å². The molecule has 2 rings (SSSR count). The van der Waals surface area contributed by atoms with E-state index in [2.05, 4.69) is 0 Å². The molecule has 2 aromatic rings. The molecular formula is C13H3F8O3S-. The van der Waals surface area contributed by atoms with Crippen LogP contribution in [0, 0.1) is 29.1 Å². The third-order valence-electron chi connectivity index (χ3n) is 3.06. The average molecular weight is 391 g/mol. The van der Waals surface area contributed by atoms with Gasteiger partial charge in [0.05, 0.1) is 16.0 Å². The molecule has 0 aromatic heterocycles. The molecule has 2 aromatic carbocycles. The van der Waals surface area contributed by atoms with Gasteiger partial charge in [0, 0.05) is 5.56 Å². The van der Waals surface area contributed by atoms with E-state index in [-0.39, 0.29) is 12.1 Å². The molecule has 0 bridgehead atoms. The summed E-state index contributed by atoms with van der Waals surface area (Å²) in [5, 5.41) is 0. The second-order valence-electron chi connectivity index (χ2n) is 4.58. The van der Waals surface area contributed by atoms with Crippen molar-refractivity contribution in [1.29, 1.82) is 0 Å². The Morgan fingerprint density at radius 2 is 1.24 bits per heavy atom. The normalized spacial score (nSPS) is 12.5. The minimum Gasteiger partial charge on any atom is -0.744 e. The Morgan fingerprint density at radius 3 is 1.64 bits per heavy atom. The molecule has 136 valence electrons. The van der Waals surface area contributed by atoms with Gasteiger partial charge in [-0.2, -0.15) is 13.2 Å². The van der Waals surface area contributed by atoms with E-state index in [1.165, 1.54) is 0 Å². The Bertz CT molecular complexity index is 937. The van der Waals surface area contributed by atoms with E-state index < -0.39 is 67.0 Å². The maximum absolute atomic E-state index is 13.8. The highest BCUT2D eigenvalue weighted by Crippen LogP contribution is 2.43. The van der Waals surface area contributed by atoms with Crippen molar-refractivity contribution >= 4 is 10.1 Å². The van der Waals surface area contributed by atoms with Gasteiger partial charge in [0.1, 0.15) is 10.1 Å². The van der Waals surface area contributed by atoms with Crippen molar-refractivity contribution in [3.05, 3.63) is 52.8 Å². The lowest BCUT2D eigenvalue weighted by Crippen LogP contribution is -2.16. The molecule has 0 atom stereocenters. The van der Waals surface area contributed by atoms with E-state index in [0.29, 0.717) is 6.07 Å². The zero-order chi connectivity index (χ0) is 19.3. The van der Waals surface area contributed by atoms with Gasteiger partial charge in [-0.3, -0.25) is 0 Å². The molecule has 0 unspecified atom stereocenters. The highest BCUT2D eigenvalue weighted by atomic mass is 32.2. The van der Waals surface area contributed by atoms with Crippen LogP contribution in [0.25, 0.3) is 11.1 Å². The molecule has 0 aliphatic heterocycles. The fraction of sp³-hybridized carbons (Fsp3) is 0.0769. The first-order valence-electron chi connectivity index (χ1n) is 5.96. The number of alkyl halides is 3. The predicted molar refractivity (Wildman–Crippen MR) is 64.6 cm³/mol. The lowest BCUT2D eigenvalue weighted by atomic mass is 9.97. The summed E-state index contributed by atoms with van der Waals surface area (Å²) in [5.74, 6) is -12.9. The highest BCUT2D eigenvalue weighted by Gasteiger charge is 2.40. The Labute approximate surface area is 134 Å². The molecule has 25 heavy (non-hydrogen) atoms. The lowest BCUT2D eigenvalue weighted by Gasteiger charge is -2.20. The summed E-state index contributed by atoms with van der Waals surface area (Å²) in [7, 11) is -5.78. The topological polar surface area (TPSA) is 57.2 Å². The van der Waals surface area contributed by atoms with Gasteiger partial charge >= 0.3 is 6.18 Å². The molecule has 0 aliphatic rings. The Balaban J connectivity index is 3.06. The summed E-state index contributed by atoms with van der Waals surface area (Å²) in [5.41, 5.74) is -6.03. The van der Waals surface area contributed by atoms with Gasteiger partial charge in [-0.05, 0) is 6.07 Å². The molecule has 12 heteroatoms. The highest BCUT2D eigenvalue weighted by molar-refractivity contribution is 7.85. The Hall–Kier alpha value is -2.21. The van der Waals surface area contributed by atoms with Gasteiger partial charge in [-0.15, -0.1) is 0 Å². The number of benzene rings is 2. The van der Waals surface area contributed by atoms with E-state index in [1.807, 2.05) is 0 Å². The second kappa shape index (κ2) is 5.95. The number of hydrogen-bond donors (Lipinski definition) is 0. The predicted octanol–water partition coefficient (Wildman–Crippen LogP) is 3.97. The maximum Gasteiger partial charge on any atom is 0.418 e. The molecular weight excluding hydrogens is 388 g/mol. The summed E-state index contributed by atoms with van der Waals surface area (Å²) in [6.07, 6.45) is -5.65. The van der Waals surface area contributed by atoms with Crippen LogP contribution in [0.1, 0.15) is 5.56 Å². The van der Waals surface area contributed by atoms with E-state index in [9.17, 15) is 48.1 Å². The van der Waals surface area contributed by atoms with Gasteiger partial charge in [0.15, 0.2) is 23.3 Å². The zero-order valence-electron chi connectivity index (χ0n) is 11.4. The quantitative estimate of drug-likeness (QED) is 0.337. The largest absolute Gasteiger partial charge is 0.744 e. The van der Waals surface area contributed by atoms with Crippen molar-refractivity contribution < 1.29 is 48.1 Å². The summed E-state index contributed by atoms with van der Waals surface area (Å²) >= 11 is 0. The van der Waals surface area contributed by atoms with E-state index in [4.69, 9.17) is 0 Å². The monoisotopic (exact) mass is 391 g/mol. The van der Waals surface area contributed by atoms with Crippen molar-refractivity contribution in [1.82, 2.24) is 0 Å². The summed E-state index contributed by atoms with van der Waals surface area (Å²) in [4.78, 5) is -1.92. The van der Waals surface area contributed by atoms with Crippen LogP contribution in [-0.4, -0.2) is 13.0 Å². The third-order valence-corrected chi connectivity index (χ3v) is 3.94. The maximum atomic E-state index is 13.8. The third kappa shape index (κ3) is 3.18. The molecule has 0 aliphatic carbocycles. The van der Waals surface area contributed by atoms with Crippen LogP contribution in [0.4, 0.5) is 35.1 Å². The molecule has 0 N–H and O–H groups in total. The van der Waals surface area contributed by atoms with Crippen molar-refractivity contribution in [2.45, 2.75) is 11.1 Å². The molecule has 0 saturated carbocycles. The minimum atomic E-state index is -5.78. The van der Waals surface area contributed by atoms with Crippen LogP contribution in [0.3, 0.4) is 0 Å². The van der Waals surface area contributed by atoms with Crippen molar-refractivity contribution in [2.24, 2.45) is 0 Å². The molecule has 0 heterocycles. The average Bonchev–Trinajstić information content (AvgIpc) is 2.49. The van der Waals surface area contributed by atoms with Crippen LogP contribution in [0.2, 0.25) is 0 Å². The summed E-state index contributed by atoms with van der Waals surface area (Å²) in [6.45, 7) is 0. The summed E-state index contributed by atoms with van der Waals surface area (Å²) in [6, 6.07) is 0.962. The fourth-order valence-corrected chi connectivity index (χ4v) is 2.80. The zero-order valence-corrected chi connectivity index (χ0v) is 12.2. The smallest absolute Gasteiger partial charge is 0.418 e. The van der Waals surface area contributed by atoms with E-state index in [1.54, 1.807) is 0 Å². The number of halogens is 8. The number of hydrogen-bond acceptors (Lipinski definition) is 3. The van der Waals surface area contributed by atoms with Crippen LogP contribution in [-0.2, 0) is 16.3 Å². The first-order valence-corrected chi connectivity index (χ1v) is 7.37. The first-order chi connectivity index (χ1) is 11.3. The van der Waals surface area contributed by atoms with Crippen LogP contribution in [0.15, 0.2) is 23.1 Å². The molecule has 0 radical (unpaired) electrons.